The third-order valence-corrected chi connectivity index (χ3v) is 4.95. The number of carboxylic acids is 1. The molecule has 0 spiro atoms. The minimum absolute atomic E-state index is 0.0365. The van der Waals surface area contributed by atoms with Crippen molar-refractivity contribution in [3.63, 3.8) is 0 Å². The molecule has 12 heteroatoms. The molecule has 0 saturated heterocycles. The van der Waals surface area contributed by atoms with E-state index < -0.39 is 47.9 Å². The predicted molar refractivity (Wildman–Crippen MR) is 140 cm³/mol. The normalized spacial score (nSPS) is 13.7. The topological polar surface area (TPSA) is 170 Å². The quantitative estimate of drug-likeness (QED) is 0.199. The summed E-state index contributed by atoms with van der Waals surface area (Å²) in [5.41, 5.74) is 5.55. The van der Waals surface area contributed by atoms with Crippen molar-refractivity contribution in [2.75, 3.05) is 19.8 Å². The molecule has 0 bridgehead atoms. The molecule has 0 heterocycles. The minimum Gasteiger partial charge on any atom is -0.480 e. The van der Waals surface area contributed by atoms with Gasteiger partial charge in [-0.25, -0.2) is 14.4 Å². The number of carboxylic acid groups (broad SMARTS) is 1. The summed E-state index contributed by atoms with van der Waals surface area (Å²) in [6.07, 6.45) is -2.99. The smallest absolute Gasteiger partial charge is 0.480 e. The second kappa shape index (κ2) is 15.2. The molecule has 1 rings (SSSR count). The Morgan fingerprint density at radius 2 is 1.28 bits per heavy atom. The summed E-state index contributed by atoms with van der Waals surface area (Å²) in [5, 5.41) is 9.66. The summed E-state index contributed by atoms with van der Waals surface area (Å²) in [4.78, 5) is 48.4. The molecular formula is C27H41NO11. The van der Waals surface area contributed by atoms with Crippen LogP contribution in [0.15, 0.2) is 18.2 Å². The molecule has 0 fully saturated rings. The minimum atomic E-state index is -1.43. The Hall–Kier alpha value is -3.54. The van der Waals surface area contributed by atoms with Gasteiger partial charge in [0.1, 0.15) is 11.6 Å². The van der Waals surface area contributed by atoms with E-state index >= 15 is 0 Å². The molecule has 0 aliphatic carbocycles. The fourth-order valence-electron chi connectivity index (χ4n) is 3.23. The van der Waals surface area contributed by atoms with Crippen LogP contribution in [0.25, 0.3) is 0 Å². The van der Waals surface area contributed by atoms with Crippen molar-refractivity contribution in [3.8, 4) is 11.5 Å². The largest absolute Gasteiger partial charge is 0.513 e. The van der Waals surface area contributed by atoms with E-state index in [1.165, 1.54) is 18.2 Å². The molecule has 3 atom stereocenters. The lowest BCUT2D eigenvalue weighted by Gasteiger charge is -2.28. The fourth-order valence-corrected chi connectivity index (χ4v) is 3.23. The average molecular weight is 556 g/mol. The lowest BCUT2D eigenvalue weighted by Crippen LogP contribution is -2.41. The number of carbonyl (C=O) groups excluding carboxylic acids is 3. The number of hydrogen-bond acceptors (Lipinski definition) is 11. The summed E-state index contributed by atoms with van der Waals surface area (Å²) in [7, 11) is 0. The van der Waals surface area contributed by atoms with Gasteiger partial charge in [0.2, 0.25) is 0 Å². The summed E-state index contributed by atoms with van der Waals surface area (Å²) in [5.74, 6) is -3.12. The summed E-state index contributed by atoms with van der Waals surface area (Å²) in [6, 6.07) is 2.68. The first-order chi connectivity index (χ1) is 18.0. The zero-order valence-corrected chi connectivity index (χ0v) is 23.8. The van der Waals surface area contributed by atoms with Crippen LogP contribution in [0.3, 0.4) is 0 Å². The van der Waals surface area contributed by atoms with Crippen molar-refractivity contribution in [2.24, 2.45) is 23.5 Å². The van der Waals surface area contributed by atoms with Crippen molar-refractivity contribution >= 4 is 24.4 Å². The zero-order valence-electron chi connectivity index (χ0n) is 23.8. The maximum Gasteiger partial charge on any atom is 0.513 e. The van der Waals surface area contributed by atoms with E-state index in [-0.39, 0.29) is 43.2 Å². The van der Waals surface area contributed by atoms with Gasteiger partial charge in [0, 0.05) is 5.92 Å². The van der Waals surface area contributed by atoms with Crippen LogP contribution in [0.2, 0.25) is 0 Å². The number of nitrogens with two attached hydrogens (primary N) is 1. The maximum atomic E-state index is 12.3. The van der Waals surface area contributed by atoms with Crippen LogP contribution in [0.5, 0.6) is 11.5 Å². The van der Waals surface area contributed by atoms with Crippen molar-refractivity contribution < 1.29 is 52.7 Å². The van der Waals surface area contributed by atoms with Crippen LogP contribution < -0.4 is 15.2 Å². The zero-order chi connectivity index (χ0) is 29.9. The van der Waals surface area contributed by atoms with Gasteiger partial charge in [-0.3, -0.25) is 4.79 Å². The van der Waals surface area contributed by atoms with E-state index in [0.717, 1.165) is 0 Å². The Bertz CT molecular complexity index is 984. The molecule has 220 valence electrons. The van der Waals surface area contributed by atoms with Gasteiger partial charge in [0.15, 0.2) is 11.5 Å². The Kier molecular flexibility index (Phi) is 13.0. The van der Waals surface area contributed by atoms with E-state index in [9.17, 15) is 24.3 Å². The first-order valence-electron chi connectivity index (χ1n) is 12.7. The number of rotatable bonds is 12. The Balaban J connectivity index is 3.32. The molecule has 1 aromatic rings. The second-order valence-corrected chi connectivity index (χ2v) is 11.0. The summed E-state index contributed by atoms with van der Waals surface area (Å²) in [6.45, 7) is 14.0. The Labute approximate surface area is 229 Å². The van der Waals surface area contributed by atoms with E-state index in [2.05, 4.69) is 0 Å². The molecule has 0 saturated carbocycles. The number of benzene rings is 1. The standard InChI is InChI=1S/C27H41NO11/c1-15(2)12-34-24(31)37-19-10-9-18(11-20(19)38-25(32)35-13-16(3)4)21(22(28)23(29)30)17(5)14-36-26(33)39-27(6,7)8/h9-11,15-17,21-22H,12-14,28H2,1-8H3,(H,29,30)/t17?,21?,22-/m0/s1. The molecule has 39 heavy (non-hydrogen) atoms. The second-order valence-electron chi connectivity index (χ2n) is 11.0. The fraction of sp³-hybridized carbons (Fsp3) is 0.630. The van der Waals surface area contributed by atoms with Crippen molar-refractivity contribution in [1.29, 1.82) is 0 Å². The van der Waals surface area contributed by atoms with Gasteiger partial charge in [-0.05, 0) is 56.2 Å². The van der Waals surface area contributed by atoms with Gasteiger partial charge >= 0.3 is 24.4 Å². The molecule has 0 aromatic heterocycles. The van der Waals surface area contributed by atoms with Gasteiger partial charge < -0.3 is 39.3 Å². The maximum absolute atomic E-state index is 12.3. The first kappa shape index (κ1) is 33.5. The number of hydrogen-bond donors (Lipinski definition) is 2. The van der Waals surface area contributed by atoms with Gasteiger partial charge in [-0.2, -0.15) is 0 Å². The molecule has 0 aliphatic rings. The van der Waals surface area contributed by atoms with Crippen molar-refractivity contribution in [3.05, 3.63) is 23.8 Å². The molecule has 0 amide bonds. The molecule has 12 nitrogen and oxygen atoms in total. The highest BCUT2D eigenvalue weighted by molar-refractivity contribution is 5.75. The summed E-state index contributed by atoms with van der Waals surface area (Å²) < 4.78 is 30.9. The van der Waals surface area contributed by atoms with Crippen LogP contribution in [-0.2, 0) is 23.7 Å². The molecule has 0 radical (unpaired) electrons. The summed E-state index contributed by atoms with van der Waals surface area (Å²) >= 11 is 0. The number of ether oxygens (including phenoxy) is 6. The predicted octanol–water partition coefficient (Wildman–Crippen LogP) is 5.11. The third kappa shape index (κ3) is 12.7. The molecule has 0 aliphatic heterocycles. The van der Waals surface area contributed by atoms with Crippen molar-refractivity contribution in [1.82, 2.24) is 0 Å². The highest BCUT2D eigenvalue weighted by Gasteiger charge is 2.33. The molecule has 2 unspecified atom stereocenters. The van der Waals surface area contributed by atoms with E-state index in [4.69, 9.17) is 34.2 Å². The Morgan fingerprint density at radius 1 is 0.795 bits per heavy atom. The molecule has 1 aromatic carbocycles. The van der Waals surface area contributed by atoms with E-state index in [1.807, 2.05) is 27.7 Å². The van der Waals surface area contributed by atoms with Gasteiger partial charge in [0.05, 0.1) is 19.8 Å². The lowest BCUT2D eigenvalue weighted by atomic mass is 9.82. The molecule has 3 N–H and O–H groups in total. The van der Waals surface area contributed by atoms with Crippen LogP contribution in [0.1, 0.15) is 66.9 Å². The number of aliphatic carboxylic acids is 1. The first-order valence-corrected chi connectivity index (χ1v) is 12.7. The van der Waals surface area contributed by atoms with Gasteiger partial charge in [0.25, 0.3) is 0 Å². The average Bonchev–Trinajstić information content (AvgIpc) is 2.80. The monoisotopic (exact) mass is 555 g/mol. The lowest BCUT2D eigenvalue weighted by molar-refractivity contribution is -0.139. The van der Waals surface area contributed by atoms with Gasteiger partial charge in [-0.1, -0.05) is 40.7 Å². The highest BCUT2D eigenvalue weighted by Crippen LogP contribution is 2.36. The van der Waals surface area contributed by atoms with Gasteiger partial charge in [-0.15, -0.1) is 0 Å². The van der Waals surface area contributed by atoms with Crippen molar-refractivity contribution in [2.45, 2.75) is 73.0 Å². The van der Waals surface area contributed by atoms with Crippen LogP contribution in [0, 0.1) is 17.8 Å². The third-order valence-electron chi connectivity index (χ3n) is 4.95. The SMILES string of the molecule is CC(C)COC(=O)Oc1ccc(C(C(C)COC(=O)OC(C)(C)C)[C@H](N)C(=O)O)cc1OC(=O)OCC(C)C. The molecular weight excluding hydrogens is 514 g/mol. The van der Waals surface area contributed by atoms with Crippen LogP contribution >= 0.6 is 0 Å². The van der Waals surface area contributed by atoms with Crippen LogP contribution in [-0.4, -0.2) is 61.0 Å². The number of carbonyl (C=O) groups is 4. The van der Waals surface area contributed by atoms with E-state index in [1.54, 1.807) is 27.7 Å². The highest BCUT2D eigenvalue weighted by atomic mass is 16.7. The Morgan fingerprint density at radius 3 is 1.74 bits per heavy atom. The van der Waals surface area contributed by atoms with E-state index in [0.29, 0.717) is 5.56 Å². The van der Waals surface area contributed by atoms with Crippen LogP contribution in [0.4, 0.5) is 14.4 Å².